The molecule has 31 heavy (non-hydrogen) atoms. The Morgan fingerprint density at radius 1 is 1.00 bits per heavy atom. The van der Waals surface area contributed by atoms with Gasteiger partial charge in [0.25, 0.3) is 0 Å². The molecule has 0 spiro atoms. The summed E-state index contributed by atoms with van der Waals surface area (Å²) in [5.74, 6) is 0.770. The number of guanidine groups is 1. The molecule has 1 aliphatic rings. The van der Waals surface area contributed by atoms with Crippen molar-refractivity contribution in [1.82, 2.24) is 15.5 Å². The fraction of sp³-hybridized carbons (Fsp3) is 0.458. The van der Waals surface area contributed by atoms with Crippen LogP contribution in [-0.4, -0.2) is 69.0 Å². The molecule has 0 bridgehead atoms. The van der Waals surface area contributed by atoms with Crippen molar-refractivity contribution in [1.29, 1.82) is 0 Å². The topological polar surface area (TPSA) is 69.1 Å². The quantitative estimate of drug-likeness (QED) is 0.274. The fourth-order valence-electron chi connectivity index (χ4n) is 3.78. The molecule has 0 amide bonds. The number of morpholine rings is 1. The van der Waals surface area contributed by atoms with Crippen molar-refractivity contribution < 1.29 is 9.84 Å². The van der Waals surface area contributed by atoms with Crippen LogP contribution in [0.1, 0.15) is 28.7 Å². The largest absolute Gasteiger partial charge is 0.396 e. The highest BCUT2D eigenvalue weighted by Gasteiger charge is 2.23. The van der Waals surface area contributed by atoms with E-state index in [-0.39, 0.29) is 42.5 Å². The zero-order chi connectivity index (χ0) is 21.2. The SMILES string of the molecule is CN=C(NCC(CO)c1ccccc1)NCC(c1ccc(C)cc1)N1CCOCC1.I. The summed E-state index contributed by atoms with van der Waals surface area (Å²) >= 11 is 0. The van der Waals surface area contributed by atoms with Crippen LogP contribution in [0.4, 0.5) is 0 Å². The third-order valence-electron chi connectivity index (χ3n) is 5.64. The van der Waals surface area contributed by atoms with E-state index in [9.17, 15) is 5.11 Å². The van der Waals surface area contributed by atoms with E-state index < -0.39 is 0 Å². The fourth-order valence-corrected chi connectivity index (χ4v) is 3.78. The van der Waals surface area contributed by atoms with Gasteiger partial charge in [0.2, 0.25) is 0 Å². The number of nitrogens with zero attached hydrogens (tertiary/aromatic N) is 2. The molecule has 170 valence electrons. The van der Waals surface area contributed by atoms with Crippen molar-refractivity contribution in [2.75, 3.05) is 53.0 Å². The molecule has 3 N–H and O–H groups in total. The van der Waals surface area contributed by atoms with Gasteiger partial charge in [-0.05, 0) is 18.1 Å². The minimum atomic E-state index is 0. The number of rotatable bonds is 8. The normalized spacial score (nSPS) is 16.8. The molecule has 2 aromatic rings. The number of ether oxygens (including phenoxy) is 1. The summed E-state index contributed by atoms with van der Waals surface area (Å²) < 4.78 is 5.55. The molecule has 0 aliphatic carbocycles. The van der Waals surface area contributed by atoms with Gasteiger partial charge in [-0.3, -0.25) is 9.89 Å². The van der Waals surface area contributed by atoms with Gasteiger partial charge < -0.3 is 20.5 Å². The Kier molecular flexibility index (Phi) is 11.3. The number of aliphatic hydroxyl groups is 1. The lowest BCUT2D eigenvalue weighted by atomic mass is 10.0. The second-order valence-corrected chi connectivity index (χ2v) is 7.70. The molecule has 6 nitrogen and oxygen atoms in total. The number of aliphatic imine (C=N–C) groups is 1. The number of aliphatic hydroxyl groups excluding tert-OH is 1. The Balaban J connectivity index is 0.00000341. The van der Waals surface area contributed by atoms with Crippen molar-refractivity contribution in [2.24, 2.45) is 4.99 Å². The van der Waals surface area contributed by atoms with Crippen LogP contribution in [-0.2, 0) is 4.74 Å². The summed E-state index contributed by atoms with van der Waals surface area (Å²) in [6, 6.07) is 19.1. The summed E-state index contributed by atoms with van der Waals surface area (Å²) in [6.07, 6.45) is 0. The molecule has 1 saturated heterocycles. The van der Waals surface area contributed by atoms with E-state index in [1.807, 2.05) is 30.3 Å². The van der Waals surface area contributed by atoms with Gasteiger partial charge in [0.1, 0.15) is 0 Å². The smallest absolute Gasteiger partial charge is 0.191 e. The van der Waals surface area contributed by atoms with E-state index in [1.54, 1.807) is 7.05 Å². The number of aryl methyl sites for hydroxylation is 1. The summed E-state index contributed by atoms with van der Waals surface area (Å²) in [6.45, 7) is 6.95. The molecule has 0 saturated carbocycles. The maximum atomic E-state index is 9.81. The summed E-state index contributed by atoms with van der Waals surface area (Å²) in [5.41, 5.74) is 3.68. The first-order valence-corrected chi connectivity index (χ1v) is 10.7. The monoisotopic (exact) mass is 538 g/mol. The molecule has 2 atom stereocenters. The molecule has 2 aromatic carbocycles. The van der Waals surface area contributed by atoms with Crippen molar-refractivity contribution in [2.45, 2.75) is 18.9 Å². The summed E-state index contributed by atoms with van der Waals surface area (Å²) in [7, 11) is 1.78. The molecule has 1 fully saturated rings. The van der Waals surface area contributed by atoms with E-state index in [4.69, 9.17) is 4.74 Å². The van der Waals surface area contributed by atoms with Crippen LogP contribution in [0, 0.1) is 6.92 Å². The zero-order valence-electron chi connectivity index (χ0n) is 18.5. The van der Waals surface area contributed by atoms with E-state index >= 15 is 0 Å². The average Bonchev–Trinajstić information content (AvgIpc) is 2.80. The standard InChI is InChI=1S/C24H34N4O2.HI/c1-19-8-10-21(11-9-19)23(28-12-14-30-15-13-28)17-27-24(25-2)26-16-22(18-29)20-6-4-3-5-7-20;/h3-11,22-23,29H,12-18H2,1-2H3,(H2,25,26,27);1H. The Morgan fingerprint density at radius 3 is 2.26 bits per heavy atom. The lowest BCUT2D eigenvalue weighted by Gasteiger charge is -2.35. The second kappa shape index (κ2) is 13.7. The van der Waals surface area contributed by atoms with Gasteiger partial charge >= 0.3 is 0 Å². The van der Waals surface area contributed by atoms with Gasteiger partial charge in [-0.15, -0.1) is 24.0 Å². The number of benzene rings is 2. The Hall–Kier alpha value is -1.68. The highest BCUT2D eigenvalue weighted by atomic mass is 127. The minimum absolute atomic E-state index is 0. The first-order valence-electron chi connectivity index (χ1n) is 10.7. The molecule has 2 unspecified atom stereocenters. The number of halogens is 1. The summed E-state index contributed by atoms with van der Waals surface area (Å²) in [4.78, 5) is 6.85. The van der Waals surface area contributed by atoms with Crippen molar-refractivity contribution in [3.05, 3.63) is 71.3 Å². The van der Waals surface area contributed by atoms with Crippen LogP contribution in [0.25, 0.3) is 0 Å². The average molecular weight is 538 g/mol. The van der Waals surface area contributed by atoms with Gasteiger partial charge in [0, 0.05) is 39.1 Å². The third-order valence-corrected chi connectivity index (χ3v) is 5.64. The van der Waals surface area contributed by atoms with Gasteiger partial charge in [-0.1, -0.05) is 60.2 Å². The Bertz CT molecular complexity index is 780. The van der Waals surface area contributed by atoms with Crippen LogP contribution in [0.2, 0.25) is 0 Å². The predicted molar refractivity (Wildman–Crippen MR) is 137 cm³/mol. The van der Waals surface area contributed by atoms with Crippen LogP contribution >= 0.6 is 24.0 Å². The van der Waals surface area contributed by atoms with E-state index in [2.05, 4.69) is 51.7 Å². The molecule has 1 heterocycles. The van der Waals surface area contributed by atoms with Gasteiger partial charge in [-0.25, -0.2) is 0 Å². The minimum Gasteiger partial charge on any atom is -0.396 e. The van der Waals surface area contributed by atoms with Gasteiger partial charge in [0.15, 0.2) is 5.96 Å². The van der Waals surface area contributed by atoms with Crippen molar-refractivity contribution in [3.63, 3.8) is 0 Å². The molecular weight excluding hydrogens is 503 g/mol. The van der Waals surface area contributed by atoms with Gasteiger partial charge in [0.05, 0.1) is 25.9 Å². The van der Waals surface area contributed by atoms with Crippen LogP contribution < -0.4 is 10.6 Å². The molecule has 3 rings (SSSR count). The molecule has 0 aromatic heterocycles. The predicted octanol–water partition coefficient (Wildman–Crippen LogP) is 2.93. The lowest BCUT2D eigenvalue weighted by Crippen LogP contribution is -2.47. The molecular formula is C24H35IN4O2. The second-order valence-electron chi connectivity index (χ2n) is 7.70. The first kappa shape index (κ1) is 25.6. The van der Waals surface area contributed by atoms with E-state index in [0.29, 0.717) is 6.54 Å². The van der Waals surface area contributed by atoms with Crippen LogP contribution in [0.3, 0.4) is 0 Å². The highest BCUT2D eigenvalue weighted by molar-refractivity contribution is 14.0. The maximum Gasteiger partial charge on any atom is 0.191 e. The van der Waals surface area contributed by atoms with E-state index in [0.717, 1.165) is 44.4 Å². The van der Waals surface area contributed by atoms with E-state index in [1.165, 1.54) is 11.1 Å². The van der Waals surface area contributed by atoms with Crippen molar-refractivity contribution >= 4 is 29.9 Å². The number of nitrogens with one attached hydrogen (secondary N) is 2. The first-order chi connectivity index (χ1) is 14.7. The maximum absolute atomic E-state index is 9.81. The summed E-state index contributed by atoms with van der Waals surface area (Å²) in [5, 5.41) is 16.7. The van der Waals surface area contributed by atoms with Crippen LogP contribution in [0.5, 0.6) is 0 Å². The third kappa shape index (κ3) is 7.75. The van der Waals surface area contributed by atoms with Crippen LogP contribution in [0.15, 0.2) is 59.6 Å². The Morgan fingerprint density at radius 2 is 1.65 bits per heavy atom. The highest BCUT2D eigenvalue weighted by Crippen LogP contribution is 2.22. The van der Waals surface area contributed by atoms with Gasteiger partial charge in [-0.2, -0.15) is 0 Å². The molecule has 1 aliphatic heterocycles. The lowest BCUT2D eigenvalue weighted by molar-refractivity contribution is 0.0170. The Labute approximate surface area is 203 Å². The molecule has 0 radical (unpaired) electrons. The molecule has 7 heteroatoms. The van der Waals surface area contributed by atoms with Crippen molar-refractivity contribution in [3.8, 4) is 0 Å². The zero-order valence-corrected chi connectivity index (χ0v) is 20.8. The number of hydrogen-bond acceptors (Lipinski definition) is 4. The number of hydrogen-bond donors (Lipinski definition) is 3.